The molecule has 1 aromatic carbocycles. The number of benzene rings is 1. The van der Waals surface area contributed by atoms with Crippen LogP contribution in [-0.2, 0) is 0 Å². The van der Waals surface area contributed by atoms with Gasteiger partial charge in [-0.15, -0.1) is 0 Å². The Hall–Kier alpha value is -1.62. The molecule has 4 N–H and O–H groups in total. The van der Waals surface area contributed by atoms with Crippen molar-refractivity contribution in [3.63, 3.8) is 0 Å². The first-order chi connectivity index (χ1) is 8.66. The zero-order chi connectivity index (χ0) is 13.0. The minimum atomic E-state index is -0.613. The molecule has 1 aromatic rings. The summed E-state index contributed by atoms with van der Waals surface area (Å²) < 4.78 is 13.6. The number of hydrogen-bond acceptors (Lipinski definition) is 3. The number of carbonyl (C=O) groups is 1. The van der Waals surface area contributed by atoms with Crippen molar-refractivity contribution < 1.29 is 9.18 Å². The molecule has 98 valence electrons. The molecule has 1 amide bonds. The maximum atomic E-state index is 13.6. The van der Waals surface area contributed by atoms with Crippen molar-refractivity contribution in [2.75, 3.05) is 25.0 Å². The second kappa shape index (κ2) is 5.82. The van der Waals surface area contributed by atoms with Crippen LogP contribution in [0.2, 0.25) is 0 Å². The lowest BCUT2D eigenvalue weighted by molar-refractivity contribution is 0.1000. The van der Waals surface area contributed by atoms with Gasteiger partial charge in [-0.05, 0) is 50.0 Å². The Balaban J connectivity index is 1.87. The zero-order valence-corrected chi connectivity index (χ0v) is 10.2. The van der Waals surface area contributed by atoms with Crippen LogP contribution < -0.4 is 16.4 Å². The lowest BCUT2D eigenvalue weighted by Crippen LogP contribution is -2.14. The predicted octanol–water partition coefficient (Wildman–Crippen LogP) is 1.34. The fourth-order valence-electron chi connectivity index (χ4n) is 2.18. The van der Waals surface area contributed by atoms with E-state index in [1.807, 2.05) is 0 Å². The van der Waals surface area contributed by atoms with Crippen LogP contribution in [0.5, 0.6) is 0 Å². The Bertz CT molecular complexity index is 430. The average Bonchev–Trinajstić information content (AvgIpc) is 2.84. The van der Waals surface area contributed by atoms with Gasteiger partial charge in [0.25, 0.3) is 0 Å². The zero-order valence-electron chi connectivity index (χ0n) is 10.2. The molecular formula is C13H18FN3O. The monoisotopic (exact) mass is 251 g/mol. The van der Waals surface area contributed by atoms with Crippen LogP contribution in [0.15, 0.2) is 18.2 Å². The van der Waals surface area contributed by atoms with Crippen LogP contribution >= 0.6 is 0 Å². The molecule has 4 nitrogen and oxygen atoms in total. The number of hydrogen-bond donors (Lipinski definition) is 3. The van der Waals surface area contributed by atoms with Crippen LogP contribution in [0.1, 0.15) is 23.2 Å². The second-order valence-electron chi connectivity index (χ2n) is 4.63. The lowest BCUT2D eigenvalue weighted by atomic mass is 10.1. The third-order valence-corrected chi connectivity index (χ3v) is 3.28. The number of nitrogens with two attached hydrogens (primary N) is 1. The fourth-order valence-corrected chi connectivity index (χ4v) is 2.18. The normalized spacial score (nSPS) is 18.8. The maximum Gasteiger partial charge on any atom is 0.248 e. The lowest BCUT2D eigenvalue weighted by Gasteiger charge is -2.11. The Morgan fingerprint density at radius 3 is 3.00 bits per heavy atom. The van der Waals surface area contributed by atoms with Gasteiger partial charge in [0.05, 0.1) is 5.69 Å². The van der Waals surface area contributed by atoms with Gasteiger partial charge < -0.3 is 16.4 Å². The van der Waals surface area contributed by atoms with Gasteiger partial charge >= 0.3 is 0 Å². The minimum absolute atomic E-state index is 0.193. The van der Waals surface area contributed by atoms with Crippen molar-refractivity contribution in [1.82, 2.24) is 5.32 Å². The quantitative estimate of drug-likeness (QED) is 0.739. The minimum Gasteiger partial charge on any atom is -0.383 e. The van der Waals surface area contributed by atoms with Gasteiger partial charge in [0.2, 0.25) is 5.91 Å². The molecule has 0 bridgehead atoms. The summed E-state index contributed by atoms with van der Waals surface area (Å²) in [5, 5.41) is 6.35. The number of primary amides is 1. The van der Waals surface area contributed by atoms with E-state index in [2.05, 4.69) is 10.6 Å². The van der Waals surface area contributed by atoms with Crippen LogP contribution in [0, 0.1) is 11.7 Å². The van der Waals surface area contributed by atoms with E-state index in [0.717, 1.165) is 26.1 Å². The molecule has 1 saturated heterocycles. The van der Waals surface area contributed by atoms with E-state index in [0.29, 0.717) is 11.6 Å². The van der Waals surface area contributed by atoms with E-state index in [-0.39, 0.29) is 5.56 Å². The van der Waals surface area contributed by atoms with Gasteiger partial charge in [0.1, 0.15) is 5.82 Å². The van der Waals surface area contributed by atoms with Crippen molar-refractivity contribution >= 4 is 11.6 Å². The molecule has 0 aliphatic carbocycles. The molecule has 1 heterocycles. The van der Waals surface area contributed by atoms with Crippen LogP contribution in [0.3, 0.4) is 0 Å². The summed E-state index contributed by atoms with van der Waals surface area (Å²) in [5.74, 6) is -0.376. The largest absolute Gasteiger partial charge is 0.383 e. The molecule has 1 fully saturated rings. The van der Waals surface area contributed by atoms with Crippen molar-refractivity contribution in [2.45, 2.75) is 12.8 Å². The molecule has 18 heavy (non-hydrogen) atoms. The molecule has 0 spiro atoms. The Labute approximate surface area is 106 Å². The van der Waals surface area contributed by atoms with E-state index in [4.69, 9.17) is 5.73 Å². The van der Waals surface area contributed by atoms with E-state index in [1.54, 1.807) is 6.07 Å². The SMILES string of the molecule is NC(=O)c1ccc(NCCC2CCNC2)c(F)c1. The molecule has 2 rings (SSSR count). The predicted molar refractivity (Wildman–Crippen MR) is 69.0 cm³/mol. The fraction of sp³-hybridized carbons (Fsp3) is 0.462. The Kier molecular flexibility index (Phi) is 4.15. The molecule has 1 aliphatic heterocycles. The van der Waals surface area contributed by atoms with E-state index in [1.165, 1.54) is 18.6 Å². The average molecular weight is 251 g/mol. The third-order valence-electron chi connectivity index (χ3n) is 3.28. The van der Waals surface area contributed by atoms with Gasteiger partial charge in [0.15, 0.2) is 0 Å². The Morgan fingerprint density at radius 1 is 1.56 bits per heavy atom. The summed E-state index contributed by atoms with van der Waals surface area (Å²) in [7, 11) is 0. The highest BCUT2D eigenvalue weighted by Crippen LogP contribution is 2.17. The highest BCUT2D eigenvalue weighted by Gasteiger charge is 2.14. The number of amides is 1. The molecule has 5 heteroatoms. The number of halogens is 1. The first-order valence-electron chi connectivity index (χ1n) is 6.21. The van der Waals surface area contributed by atoms with Gasteiger partial charge in [0, 0.05) is 12.1 Å². The van der Waals surface area contributed by atoms with Crippen molar-refractivity contribution in [3.05, 3.63) is 29.6 Å². The maximum absolute atomic E-state index is 13.6. The highest BCUT2D eigenvalue weighted by atomic mass is 19.1. The van der Waals surface area contributed by atoms with E-state index < -0.39 is 11.7 Å². The molecule has 1 unspecified atom stereocenters. The summed E-state index contributed by atoms with van der Waals surface area (Å²) >= 11 is 0. The summed E-state index contributed by atoms with van der Waals surface area (Å²) in [6, 6.07) is 4.26. The van der Waals surface area contributed by atoms with Crippen LogP contribution in [-0.4, -0.2) is 25.5 Å². The van der Waals surface area contributed by atoms with Crippen molar-refractivity contribution in [2.24, 2.45) is 11.7 Å². The topological polar surface area (TPSA) is 67.2 Å². The van der Waals surface area contributed by atoms with Gasteiger partial charge in [-0.1, -0.05) is 0 Å². The molecule has 0 radical (unpaired) electrons. The van der Waals surface area contributed by atoms with Crippen molar-refractivity contribution in [3.8, 4) is 0 Å². The number of nitrogens with one attached hydrogen (secondary N) is 2. The summed E-state index contributed by atoms with van der Waals surface area (Å²) in [4.78, 5) is 10.9. The number of carbonyl (C=O) groups excluding carboxylic acids is 1. The first-order valence-corrected chi connectivity index (χ1v) is 6.21. The summed E-state index contributed by atoms with van der Waals surface area (Å²) in [6.45, 7) is 2.86. The summed E-state index contributed by atoms with van der Waals surface area (Å²) in [5.41, 5.74) is 5.70. The molecule has 0 aromatic heterocycles. The molecule has 1 aliphatic rings. The highest BCUT2D eigenvalue weighted by molar-refractivity contribution is 5.93. The number of rotatable bonds is 5. The van der Waals surface area contributed by atoms with E-state index in [9.17, 15) is 9.18 Å². The molecule has 1 atom stereocenters. The molecule has 0 saturated carbocycles. The van der Waals surface area contributed by atoms with Crippen molar-refractivity contribution in [1.29, 1.82) is 0 Å². The molecular weight excluding hydrogens is 233 g/mol. The Morgan fingerprint density at radius 2 is 2.39 bits per heavy atom. The van der Waals surface area contributed by atoms with Crippen LogP contribution in [0.4, 0.5) is 10.1 Å². The van der Waals surface area contributed by atoms with Gasteiger partial charge in [-0.3, -0.25) is 4.79 Å². The van der Waals surface area contributed by atoms with Crippen LogP contribution in [0.25, 0.3) is 0 Å². The smallest absolute Gasteiger partial charge is 0.248 e. The van der Waals surface area contributed by atoms with E-state index >= 15 is 0 Å². The standard InChI is InChI=1S/C13H18FN3O/c14-11-7-10(13(15)18)1-2-12(11)17-6-4-9-3-5-16-8-9/h1-2,7,9,16-17H,3-6,8H2,(H2,15,18). The van der Waals surface area contributed by atoms with Gasteiger partial charge in [-0.25, -0.2) is 4.39 Å². The summed E-state index contributed by atoms with van der Waals surface area (Å²) in [6.07, 6.45) is 2.20. The number of anilines is 1. The third kappa shape index (κ3) is 3.20. The first kappa shape index (κ1) is 12.8. The van der Waals surface area contributed by atoms with Gasteiger partial charge in [-0.2, -0.15) is 0 Å². The second-order valence-corrected chi connectivity index (χ2v) is 4.63.